The van der Waals surface area contributed by atoms with Crippen molar-refractivity contribution in [2.75, 3.05) is 26.2 Å². The molecule has 1 N–H and O–H groups in total. The average Bonchev–Trinajstić information content (AvgIpc) is 2.96. The van der Waals surface area contributed by atoms with Crippen molar-refractivity contribution in [1.29, 1.82) is 0 Å². The van der Waals surface area contributed by atoms with Crippen LogP contribution in [0.25, 0.3) is 11.4 Å². The van der Waals surface area contributed by atoms with Gasteiger partial charge in [0.2, 0.25) is 0 Å². The number of fused-ring (bicyclic) bond motifs is 4. The van der Waals surface area contributed by atoms with E-state index in [2.05, 4.69) is 19.8 Å². The summed E-state index contributed by atoms with van der Waals surface area (Å²) < 4.78 is 39.6. The maximum Gasteiger partial charge on any atom is 0.433 e. The van der Waals surface area contributed by atoms with E-state index in [4.69, 9.17) is 0 Å². The van der Waals surface area contributed by atoms with Crippen LogP contribution < -0.4 is 5.56 Å². The fourth-order valence-corrected chi connectivity index (χ4v) is 4.17. The zero-order valence-corrected chi connectivity index (χ0v) is 15.7. The van der Waals surface area contributed by atoms with E-state index in [1.165, 1.54) is 0 Å². The molecule has 0 radical (unpaired) electrons. The molecule has 0 unspecified atom stereocenters. The summed E-state index contributed by atoms with van der Waals surface area (Å²) in [5, 5.41) is 0. The average molecular weight is 392 g/mol. The summed E-state index contributed by atoms with van der Waals surface area (Å²) in [6, 6.07) is 7.83. The molecule has 3 aliphatic heterocycles. The van der Waals surface area contributed by atoms with Crippen molar-refractivity contribution in [3.8, 4) is 11.4 Å². The van der Waals surface area contributed by atoms with Crippen LogP contribution in [-0.4, -0.2) is 52.0 Å². The maximum atomic E-state index is 13.2. The molecule has 0 saturated carbocycles. The van der Waals surface area contributed by atoms with Crippen LogP contribution in [0.4, 0.5) is 13.2 Å². The second-order valence-corrected chi connectivity index (χ2v) is 7.63. The molecule has 4 heterocycles. The van der Waals surface area contributed by atoms with Gasteiger partial charge in [0.25, 0.3) is 5.56 Å². The van der Waals surface area contributed by atoms with Gasteiger partial charge in [0.1, 0.15) is 5.82 Å². The first kappa shape index (κ1) is 19.1. The van der Waals surface area contributed by atoms with Gasteiger partial charge in [0, 0.05) is 36.8 Å². The highest BCUT2D eigenvalue weighted by Gasteiger charge is 2.36. The van der Waals surface area contributed by atoms with E-state index >= 15 is 0 Å². The Kier molecular flexibility index (Phi) is 5.01. The number of aromatic amines is 1. The van der Waals surface area contributed by atoms with Crippen molar-refractivity contribution in [3.63, 3.8) is 0 Å². The lowest BCUT2D eigenvalue weighted by molar-refractivity contribution is -0.141. The van der Waals surface area contributed by atoms with Crippen molar-refractivity contribution >= 4 is 0 Å². The van der Waals surface area contributed by atoms with Gasteiger partial charge in [0.05, 0.1) is 0 Å². The third kappa shape index (κ3) is 3.84. The van der Waals surface area contributed by atoms with E-state index in [-0.39, 0.29) is 5.82 Å². The van der Waals surface area contributed by atoms with E-state index in [1.807, 2.05) is 12.1 Å². The summed E-state index contributed by atoms with van der Waals surface area (Å²) >= 11 is 0. The molecule has 28 heavy (non-hydrogen) atoms. The Morgan fingerprint density at radius 2 is 1.93 bits per heavy atom. The van der Waals surface area contributed by atoms with Crippen molar-refractivity contribution in [2.24, 2.45) is 0 Å². The second kappa shape index (κ2) is 7.33. The number of hydrogen-bond donors (Lipinski definition) is 1. The third-order valence-corrected chi connectivity index (χ3v) is 5.78. The van der Waals surface area contributed by atoms with Gasteiger partial charge in [-0.3, -0.25) is 9.69 Å². The summed E-state index contributed by atoms with van der Waals surface area (Å²) in [4.78, 5) is 23.1. The van der Waals surface area contributed by atoms with Crippen LogP contribution >= 0.6 is 0 Å². The predicted octanol–water partition coefficient (Wildman–Crippen LogP) is 3.04. The predicted molar refractivity (Wildman–Crippen MR) is 99.9 cm³/mol. The van der Waals surface area contributed by atoms with Gasteiger partial charge in [-0.2, -0.15) is 13.2 Å². The molecular weight excluding hydrogens is 369 g/mol. The van der Waals surface area contributed by atoms with Crippen molar-refractivity contribution < 1.29 is 13.2 Å². The maximum absolute atomic E-state index is 13.2. The zero-order chi connectivity index (χ0) is 19.9. The Bertz CT molecular complexity index is 916. The highest BCUT2D eigenvalue weighted by molar-refractivity contribution is 5.56. The smallest absolute Gasteiger partial charge is 0.306 e. The normalized spacial score (nSPS) is 23.0. The number of aromatic nitrogens is 2. The third-order valence-electron chi connectivity index (χ3n) is 5.78. The Hall–Kier alpha value is -2.19. The number of hydrogen-bond acceptors (Lipinski definition) is 4. The minimum atomic E-state index is -4.66. The van der Waals surface area contributed by atoms with Gasteiger partial charge in [-0.05, 0) is 44.5 Å². The van der Waals surface area contributed by atoms with Gasteiger partial charge in [0.15, 0.2) is 5.69 Å². The number of halogens is 3. The molecule has 5 rings (SSSR count). The van der Waals surface area contributed by atoms with E-state index in [0.29, 0.717) is 11.6 Å². The summed E-state index contributed by atoms with van der Waals surface area (Å²) in [7, 11) is 0. The van der Waals surface area contributed by atoms with Gasteiger partial charge < -0.3 is 9.88 Å². The molecular formula is C20H23F3N4O. The molecule has 3 aliphatic rings. The molecule has 0 atom stereocenters. The molecule has 8 heteroatoms. The number of rotatable bonds is 3. The number of nitrogens with zero attached hydrogens (tertiary/aromatic N) is 3. The van der Waals surface area contributed by atoms with Crippen LogP contribution in [-0.2, 0) is 12.7 Å². The SMILES string of the molecule is Cc1c(C(F)(F)F)nc(-c2cccc(CN3CCN4CCC3CC4)c2)[nH]c1=O. The molecule has 150 valence electrons. The van der Waals surface area contributed by atoms with Crippen LogP contribution in [0.1, 0.15) is 29.7 Å². The molecule has 0 spiro atoms. The lowest BCUT2D eigenvalue weighted by Gasteiger charge is -2.31. The number of H-pyrrole nitrogens is 1. The molecule has 3 saturated heterocycles. The molecule has 1 aromatic heterocycles. The van der Waals surface area contributed by atoms with E-state index in [0.717, 1.165) is 58.1 Å². The highest BCUT2D eigenvalue weighted by atomic mass is 19.4. The van der Waals surface area contributed by atoms with Crippen LogP contribution in [0.3, 0.4) is 0 Å². The Balaban J connectivity index is 1.62. The van der Waals surface area contributed by atoms with Crippen LogP contribution in [0.5, 0.6) is 0 Å². The minimum absolute atomic E-state index is 0.0484. The summed E-state index contributed by atoms with van der Waals surface area (Å²) in [5.74, 6) is -0.0484. The Labute approximate surface area is 161 Å². The first-order valence-electron chi connectivity index (χ1n) is 9.55. The zero-order valence-electron chi connectivity index (χ0n) is 15.7. The molecule has 0 amide bonds. The van der Waals surface area contributed by atoms with Gasteiger partial charge >= 0.3 is 6.18 Å². The van der Waals surface area contributed by atoms with E-state index < -0.39 is 23.0 Å². The van der Waals surface area contributed by atoms with Gasteiger partial charge in [-0.15, -0.1) is 0 Å². The van der Waals surface area contributed by atoms with Crippen molar-refractivity contribution in [2.45, 2.75) is 38.5 Å². The number of piperidine rings is 1. The first-order valence-corrected chi connectivity index (χ1v) is 9.55. The van der Waals surface area contributed by atoms with Gasteiger partial charge in [-0.25, -0.2) is 4.98 Å². The standard InChI is InChI=1S/C20H23F3N4O/c1-13-17(20(21,22)23)24-18(25-19(13)28)15-4-2-3-14(11-15)12-27-10-9-26-7-5-16(27)6-8-26/h2-4,11,16H,5-10,12H2,1H3,(H,24,25,28). The number of benzene rings is 1. The van der Waals surface area contributed by atoms with Crippen molar-refractivity contribution in [1.82, 2.24) is 19.8 Å². The summed E-state index contributed by atoms with van der Waals surface area (Å²) in [6.45, 7) is 6.20. The summed E-state index contributed by atoms with van der Waals surface area (Å²) in [5.41, 5.74) is -0.808. The lowest BCUT2D eigenvalue weighted by Crippen LogP contribution is -2.37. The molecule has 0 aliphatic carbocycles. The van der Waals surface area contributed by atoms with Crippen LogP contribution in [0, 0.1) is 6.92 Å². The second-order valence-electron chi connectivity index (χ2n) is 7.63. The lowest BCUT2D eigenvalue weighted by atomic mass is 10.0. The first-order chi connectivity index (χ1) is 13.3. The minimum Gasteiger partial charge on any atom is -0.306 e. The molecule has 5 nitrogen and oxygen atoms in total. The molecule has 2 aromatic rings. The number of nitrogens with one attached hydrogen (secondary N) is 1. The van der Waals surface area contributed by atoms with Crippen LogP contribution in [0.15, 0.2) is 29.1 Å². The molecule has 3 fully saturated rings. The highest BCUT2D eigenvalue weighted by Crippen LogP contribution is 2.30. The van der Waals surface area contributed by atoms with E-state index in [1.54, 1.807) is 12.1 Å². The molecule has 2 bridgehead atoms. The van der Waals surface area contributed by atoms with Crippen molar-refractivity contribution in [3.05, 3.63) is 51.4 Å². The fraction of sp³-hybridized carbons (Fsp3) is 0.500. The Morgan fingerprint density at radius 3 is 2.64 bits per heavy atom. The largest absolute Gasteiger partial charge is 0.433 e. The summed E-state index contributed by atoms with van der Waals surface area (Å²) in [6.07, 6.45) is -2.35. The van der Waals surface area contributed by atoms with Gasteiger partial charge in [-0.1, -0.05) is 18.2 Å². The topological polar surface area (TPSA) is 52.2 Å². The van der Waals surface area contributed by atoms with Crippen LogP contribution in [0.2, 0.25) is 0 Å². The molecule has 1 aromatic carbocycles. The quantitative estimate of drug-likeness (QED) is 0.873. The fourth-order valence-electron chi connectivity index (χ4n) is 4.17. The van der Waals surface area contributed by atoms with E-state index in [9.17, 15) is 18.0 Å². The Morgan fingerprint density at radius 1 is 1.18 bits per heavy atom. The number of alkyl halides is 3. The monoisotopic (exact) mass is 392 g/mol.